The fourth-order valence-corrected chi connectivity index (χ4v) is 3.25. The second-order valence-corrected chi connectivity index (χ2v) is 7.07. The van der Waals surface area contributed by atoms with Gasteiger partial charge in [0, 0.05) is 6.04 Å². The first kappa shape index (κ1) is 15.0. The number of halogens is 2. The van der Waals surface area contributed by atoms with Crippen LogP contribution in [0.15, 0.2) is 22.7 Å². The van der Waals surface area contributed by atoms with Crippen LogP contribution in [0.2, 0.25) is 0 Å². The second kappa shape index (κ2) is 5.92. The van der Waals surface area contributed by atoms with Gasteiger partial charge in [0.1, 0.15) is 5.82 Å². The minimum absolute atomic E-state index is 0.165. The average Bonchev–Trinajstić information content (AvgIpc) is 2.99. The molecule has 2 rings (SSSR count). The molecule has 1 aromatic carbocycles. The van der Waals surface area contributed by atoms with Gasteiger partial charge in [-0.25, -0.2) is 4.39 Å². The molecule has 2 unspecified atom stereocenters. The Kier molecular flexibility index (Phi) is 4.67. The molecule has 19 heavy (non-hydrogen) atoms. The molecule has 1 fully saturated rings. The summed E-state index contributed by atoms with van der Waals surface area (Å²) in [5, 5.41) is 3.64. The molecular formula is C16H23BrFN. The van der Waals surface area contributed by atoms with Gasteiger partial charge in [-0.2, -0.15) is 0 Å². The van der Waals surface area contributed by atoms with Crippen molar-refractivity contribution in [2.75, 3.05) is 6.54 Å². The lowest BCUT2D eigenvalue weighted by atomic mass is 9.97. The molecule has 1 saturated carbocycles. The van der Waals surface area contributed by atoms with Crippen LogP contribution in [0.3, 0.4) is 0 Å². The SMILES string of the molecule is CCCNC(Cc1cccc(F)c1Br)C1CC1(C)C. The van der Waals surface area contributed by atoms with Gasteiger partial charge in [-0.05, 0) is 64.7 Å². The zero-order valence-corrected chi connectivity index (χ0v) is 13.6. The highest BCUT2D eigenvalue weighted by atomic mass is 79.9. The number of rotatable bonds is 6. The maximum Gasteiger partial charge on any atom is 0.137 e. The van der Waals surface area contributed by atoms with Crippen molar-refractivity contribution in [1.29, 1.82) is 0 Å². The predicted octanol–water partition coefficient (Wildman–Crippen LogP) is 4.55. The van der Waals surface area contributed by atoms with E-state index in [0.29, 0.717) is 21.8 Å². The van der Waals surface area contributed by atoms with Crippen molar-refractivity contribution in [1.82, 2.24) is 5.32 Å². The molecule has 0 amide bonds. The summed E-state index contributed by atoms with van der Waals surface area (Å²) < 4.78 is 14.2. The lowest BCUT2D eigenvalue weighted by Crippen LogP contribution is -2.35. The summed E-state index contributed by atoms with van der Waals surface area (Å²) in [7, 11) is 0. The van der Waals surface area contributed by atoms with E-state index in [-0.39, 0.29) is 5.82 Å². The van der Waals surface area contributed by atoms with Crippen LogP contribution in [0.4, 0.5) is 4.39 Å². The Bertz CT molecular complexity index is 444. The molecule has 3 heteroatoms. The maximum absolute atomic E-state index is 13.6. The number of hydrogen-bond donors (Lipinski definition) is 1. The summed E-state index contributed by atoms with van der Waals surface area (Å²) >= 11 is 3.37. The Hall–Kier alpha value is -0.410. The first-order valence-corrected chi connectivity index (χ1v) is 7.91. The van der Waals surface area contributed by atoms with E-state index in [0.717, 1.165) is 24.9 Å². The lowest BCUT2D eigenvalue weighted by molar-refractivity contribution is 0.401. The minimum atomic E-state index is -0.165. The fourth-order valence-electron chi connectivity index (χ4n) is 2.82. The first-order chi connectivity index (χ1) is 8.95. The van der Waals surface area contributed by atoms with Gasteiger partial charge in [0.2, 0.25) is 0 Å². The minimum Gasteiger partial charge on any atom is -0.313 e. The van der Waals surface area contributed by atoms with Crippen molar-refractivity contribution >= 4 is 15.9 Å². The standard InChI is InChI=1S/C16H23BrFN/c1-4-8-19-14(12-10-16(12,2)3)9-11-6-5-7-13(18)15(11)17/h5-7,12,14,19H,4,8-10H2,1-3H3. The predicted molar refractivity (Wildman–Crippen MR) is 81.8 cm³/mol. The molecule has 0 radical (unpaired) electrons. The van der Waals surface area contributed by atoms with Crippen LogP contribution in [0.25, 0.3) is 0 Å². The number of nitrogens with one attached hydrogen (secondary N) is 1. The highest BCUT2D eigenvalue weighted by Crippen LogP contribution is 2.54. The third-order valence-electron chi connectivity index (χ3n) is 4.20. The van der Waals surface area contributed by atoms with E-state index < -0.39 is 0 Å². The van der Waals surface area contributed by atoms with Crippen molar-refractivity contribution in [3.05, 3.63) is 34.1 Å². The summed E-state index contributed by atoms with van der Waals surface area (Å²) in [6.07, 6.45) is 3.29. The van der Waals surface area contributed by atoms with E-state index >= 15 is 0 Å². The summed E-state index contributed by atoms with van der Waals surface area (Å²) in [6.45, 7) is 7.85. The quantitative estimate of drug-likeness (QED) is 0.808. The topological polar surface area (TPSA) is 12.0 Å². The van der Waals surface area contributed by atoms with Crippen molar-refractivity contribution < 1.29 is 4.39 Å². The first-order valence-electron chi connectivity index (χ1n) is 7.12. The molecule has 0 bridgehead atoms. The molecule has 1 nitrogen and oxygen atoms in total. The van der Waals surface area contributed by atoms with Gasteiger partial charge < -0.3 is 5.32 Å². The molecular weight excluding hydrogens is 305 g/mol. The Morgan fingerprint density at radius 2 is 2.16 bits per heavy atom. The molecule has 0 saturated heterocycles. The lowest BCUT2D eigenvalue weighted by Gasteiger charge is -2.21. The molecule has 0 spiro atoms. The average molecular weight is 328 g/mol. The third-order valence-corrected chi connectivity index (χ3v) is 5.09. The molecule has 1 N–H and O–H groups in total. The largest absolute Gasteiger partial charge is 0.313 e. The molecule has 0 heterocycles. The molecule has 106 valence electrons. The van der Waals surface area contributed by atoms with Crippen LogP contribution in [-0.2, 0) is 6.42 Å². The van der Waals surface area contributed by atoms with E-state index in [2.05, 4.69) is 42.0 Å². The fraction of sp³-hybridized carbons (Fsp3) is 0.625. The molecule has 1 aliphatic rings. The van der Waals surface area contributed by atoms with Crippen LogP contribution < -0.4 is 5.32 Å². The Labute approximate surface area is 124 Å². The van der Waals surface area contributed by atoms with Crippen LogP contribution in [0.1, 0.15) is 39.2 Å². The van der Waals surface area contributed by atoms with Crippen LogP contribution in [0.5, 0.6) is 0 Å². The van der Waals surface area contributed by atoms with Gasteiger partial charge in [0.15, 0.2) is 0 Å². The number of hydrogen-bond acceptors (Lipinski definition) is 1. The maximum atomic E-state index is 13.6. The van der Waals surface area contributed by atoms with Crippen molar-refractivity contribution in [2.24, 2.45) is 11.3 Å². The molecule has 2 atom stereocenters. The summed E-state index contributed by atoms with van der Waals surface area (Å²) in [6, 6.07) is 5.77. The smallest absolute Gasteiger partial charge is 0.137 e. The molecule has 1 aromatic rings. The van der Waals surface area contributed by atoms with Gasteiger partial charge in [0.25, 0.3) is 0 Å². The Morgan fingerprint density at radius 3 is 2.74 bits per heavy atom. The highest BCUT2D eigenvalue weighted by Gasteiger charge is 2.49. The van der Waals surface area contributed by atoms with E-state index in [1.54, 1.807) is 6.07 Å². The normalized spacial score (nSPS) is 22.3. The zero-order chi connectivity index (χ0) is 14.0. The van der Waals surface area contributed by atoms with E-state index in [1.165, 1.54) is 12.5 Å². The highest BCUT2D eigenvalue weighted by molar-refractivity contribution is 9.10. The molecule has 1 aliphatic carbocycles. The van der Waals surface area contributed by atoms with Crippen molar-refractivity contribution in [2.45, 2.75) is 46.1 Å². The molecule has 0 aliphatic heterocycles. The van der Waals surface area contributed by atoms with Gasteiger partial charge in [0.05, 0.1) is 4.47 Å². The second-order valence-electron chi connectivity index (χ2n) is 6.28. The molecule has 0 aromatic heterocycles. The third kappa shape index (κ3) is 3.57. The zero-order valence-electron chi connectivity index (χ0n) is 12.0. The van der Waals surface area contributed by atoms with Crippen LogP contribution >= 0.6 is 15.9 Å². The van der Waals surface area contributed by atoms with Gasteiger partial charge in [-0.15, -0.1) is 0 Å². The van der Waals surface area contributed by atoms with Crippen molar-refractivity contribution in [3.8, 4) is 0 Å². The van der Waals surface area contributed by atoms with Crippen LogP contribution in [0, 0.1) is 17.2 Å². The monoisotopic (exact) mass is 327 g/mol. The van der Waals surface area contributed by atoms with Gasteiger partial charge in [-0.1, -0.05) is 32.9 Å². The number of benzene rings is 1. The van der Waals surface area contributed by atoms with E-state index in [4.69, 9.17) is 0 Å². The summed E-state index contributed by atoms with van der Waals surface area (Å²) in [5.74, 6) is 0.538. The Balaban J connectivity index is 2.09. The van der Waals surface area contributed by atoms with Crippen molar-refractivity contribution in [3.63, 3.8) is 0 Å². The van der Waals surface area contributed by atoms with E-state index in [9.17, 15) is 4.39 Å². The van der Waals surface area contributed by atoms with Gasteiger partial charge in [-0.3, -0.25) is 0 Å². The summed E-state index contributed by atoms with van der Waals surface area (Å²) in [5.41, 5.74) is 1.50. The summed E-state index contributed by atoms with van der Waals surface area (Å²) in [4.78, 5) is 0. The van der Waals surface area contributed by atoms with Gasteiger partial charge >= 0.3 is 0 Å². The Morgan fingerprint density at radius 1 is 1.47 bits per heavy atom. The van der Waals surface area contributed by atoms with Crippen LogP contribution in [-0.4, -0.2) is 12.6 Å². The van der Waals surface area contributed by atoms with E-state index in [1.807, 2.05) is 6.07 Å².